The van der Waals surface area contributed by atoms with Crippen molar-refractivity contribution in [3.05, 3.63) is 31.9 Å². The molecule has 0 bridgehead atoms. The van der Waals surface area contributed by atoms with Crippen LogP contribution in [0.5, 0.6) is 0 Å². The Hall–Kier alpha value is -0.800. The topological polar surface area (TPSA) is 79.3 Å². The largest absolute Gasteiger partial charge is 0.391 e. The maximum Gasteiger partial charge on any atom is 0.242 e. The van der Waals surface area contributed by atoms with Crippen molar-refractivity contribution in [1.29, 1.82) is 0 Å². The van der Waals surface area contributed by atoms with Crippen molar-refractivity contribution >= 4 is 32.7 Å². The normalized spacial score (nSPS) is 11.9. The van der Waals surface area contributed by atoms with Crippen LogP contribution >= 0.6 is 22.7 Å². The number of thiazole rings is 1. The number of nitrogens with zero attached hydrogens (tertiary/aromatic N) is 1. The van der Waals surface area contributed by atoms with E-state index in [0.717, 1.165) is 16.3 Å². The van der Waals surface area contributed by atoms with Crippen LogP contribution in [0.15, 0.2) is 17.2 Å². The van der Waals surface area contributed by atoms with Crippen LogP contribution in [0.2, 0.25) is 0 Å². The predicted molar refractivity (Wildman–Crippen MR) is 80.5 cm³/mol. The third-order valence-corrected chi connectivity index (χ3v) is 6.57. The minimum atomic E-state index is -3.56. The summed E-state index contributed by atoms with van der Waals surface area (Å²) in [5.41, 5.74) is 0. The zero-order chi connectivity index (χ0) is 14.8. The first kappa shape index (κ1) is 15.6. The van der Waals surface area contributed by atoms with Gasteiger partial charge in [-0.3, -0.25) is 0 Å². The number of hydrogen-bond donors (Lipinski definition) is 2. The Morgan fingerprint density at radius 2 is 2.10 bits per heavy atom. The average Bonchev–Trinajstić information content (AvgIpc) is 3.02. The van der Waals surface area contributed by atoms with E-state index in [4.69, 9.17) is 5.11 Å². The van der Waals surface area contributed by atoms with Crippen LogP contribution in [0.4, 0.5) is 0 Å². The van der Waals surface area contributed by atoms with E-state index in [0.29, 0.717) is 9.75 Å². The molecule has 0 atom stereocenters. The van der Waals surface area contributed by atoms with Gasteiger partial charge in [0.15, 0.2) is 0 Å². The van der Waals surface area contributed by atoms with Gasteiger partial charge in [0.25, 0.3) is 0 Å². The summed E-state index contributed by atoms with van der Waals surface area (Å²) in [5, 5.41) is 9.82. The second-order valence-electron chi connectivity index (χ2n) is 4.19. The van der Waals surface area contributed by atoms with Gasteiger partial charge in [0, 0.05) is 20.8 Å². The molecule has 8 heteroatoms. The van der Waals surface area contributed by atoms with Crippen LogP contribution in [0, 0.1) is 6.92 Å². The highest BCUT2D eigenvalue weighted by Gasteiger charge is 2.20. The molecule has 2 heterocycles. The first-order valence-corrected chi connectivity index (χ1v) is 9.21. The van der Waals surface area contributed by atoms with E-state index in [-0.39, 0.29) is 18.0 Å². The lowest BCUT2D eigenvalue weighted by atomic mass is 10.4. The zero-order valence-electron chi connectivity index (χ0n) is 11.2. The summed E-state index contributed by atoms with van der Waals surface area (Å²) < 4.78 is 27.0. The fraction of sp³-hybridized carbons (Fsp3) is 0.417. The van der Waals surface area contributed by atoms with Crippen molar-refractivity contribution in [1.82, 2.24) is 9.71 Å². The Kier molecular flexibility index (Phi) is 4.92. The molecule has 2 rings (SSSR count). The SMILES string of the molecule is CCc1cnc(CNS(=O)(=O)c2cc(CO)sc2C)s1. The zero-order valence-corrected chi connectivity index (χ0v) is 13.7. The summed E-state index contributed by atoms with van der Waals surface area (Å²) in [6.45, 7) is 3.81. The van der Waals surface area contributed by atoms with E-state index >= 15 is 0 Å². The van der Waals surface area contributed by atoms with E-state index in [1.165, 1.54) is 28.7 Å². The second-order valence-corrected chi connectivity index (χ2v) is 8.47. The quantitative estimate of drug-likeness (QED) is 0.848. The lowest BCUT2D eigenvalue weighted by Gasteiger charge is -2.04. The maximum absolute atomic E-state index is 12.2. The minimum absolute atomic E-state index is 0.145. The number of aliphatic hydroxyl groups is 1. The van der Waals surface area contributed by atoms with Crippen molar-refractivity contribution in [2.45, 2.75) is 38.3 Å². The van der Waals surface area contributed by atoms with Crippen LogP contribution in [0.1, 0.15) is 26.6 Å². The molecule has 0 fully saturated rings. The molecule has 2 aromatic rings. The van der Waals surface area contributed by atoms with E-state index in [1.807, 2.05) is 6.92 Å². The number of hydrogen-bond acceptors (Lipinski definition) is 6. The standard InChI is InChI=1S/C12H16N2O3S3/c1-3-9-5-13-12(19-9)6-14-20(16,17)11-4-10(7-15)18-8(11)2/h4-5,14-15H,3,6-7H2,1-2H3. The summed E-state index contributed by atoms with van der Waals surface area (Å²) in [7, 11) is -3.56. The van der Waals surface area contributed by atoms with Gasteiger partial charge in [-0.15, -0.1) is 22.7 Å². The van der Waals surface area contributed by atoms with Crippen LogP contribution in [-0.2, 0) is 29.6 Å². The molecule has 0 spiro atoms. The first-order chi connectivity index (χ1) is 9.46. The third-order valence-electron chi connectivity index (χ3n) is 2.73. The van der Waals surface area contributed by atoms with Crippen LogP contribution < -0.4 is 4.72 Å². The third kappa shape index (κ3) is 3.44. The highest BCUT2D eigenvalue weighted by molar-refractivity contribution is 7.89. The van der Waals surface area contributed by atoms with Crippen molar-refractivity contribution in [2.75, 3.05) is 0 Å². The van der Waals surface area contributed by atoms with Gasteiger partial charge in [-0.25, -0.2) is 18.1 Å². The molecule has 0 radical (unpaired) electrons. The molecule has 0 aliphatic rings. The number of aryl methyl sites for hydroxylation is 2. The molecule has 0 aromatic carbocycles. The Morgan fingerprint density at radius 1 is 1.35 bits per heavy atom. The highest BCUT2D eigenvalue weighted by Crippen LogP contribution is 2.25. The van der Waals surface area contributed by atoms with Crippen molar-refractivity contribution < 1.29 is 13.5 Å². The molecular formula is C12H16N2O3S3. The number of aliphatic hydroxyl groups excluding tert-OH is 1. The number of sulfonamides is 1. The number of rotatable bonds is 6. The summed E-state index contributed by atoms with van der Waals surface area (Å²) in [5.74, 6) is 0. The van der Waals surface area contributed by atoms with Gasteiger partial charge in [-0.2, -0.15) is 0 Å². The van der Waals surface area contributed by atoms with Crippen LogP contribution in [0.3, 0.4) is 0 Å². The Balaban J connectivity index is 2.12. The Labute approximate surface area is 126 Å². The molecule has 110 valence electrons. The highest BCUT2D eigenvalue weighted by atomic mass is 32.2. The minimum Gasteiger partial charge on any atom is -0.391 e. The number of aromatic nitrogens is 1. The fourth-order valence-corrected chi connectivity index (χ4v) is 5.07. The van der Waals surface area contributed by atoms with E-state index in [2.05, 4.69) is 9.71 Å². The summed E-state index contributed by atoms with van der Waals surface area (Å²) in [6.07, 6.45) is 2.67. The van der Waals surface area contributed by atoms with E-state index in [1.54, 1.807) is 13.1 Å². The molecule has 0 aliphatic carbocycles. The summed E-state index contributed by atoms with van der Waals surface area (Å²) in [4.78, 5) is 6.87. The van der Waals surface area contributed by atoms with E-state index in [9.17, 15) is 8.42 Å². The smallest absolute Gasteiger partial charge is 0.242 e. The predicted octanol–water partition coefficient (Wildman–Crippen LogP) is 2.05. The molecule has 20 heavy (non-hydrogen) atoms. The monoisotopic (exact) mass is 332 g/mol. The summed E-state index contributed by atoms with van der Waals surface area (Å²) >= 11 is 2.80. The first-order valence-electron chi connectivity index (χ1n) is 6.09. The average molecular weight is 332 g/mol. The lowest BCUT2D eigenvalue weighted by molar-refractivity contribution is 0.285. The Bertz CT molecular complexity index is 689. The van der Waals surface area contributed by atoms with E-state index < -0.39 is 10.0 Å². The van der Waals surface area contributed by atoms with Gasteiger partial charge in [-0.05, 0) is 19.4 Å². The fourth-order valence-electron chi connectivity index (χ4n) is 1.70. The number of thiophene rings is 1. The van der Waals surface area contributed by atoms with Crippen molar-refractivity contribution in [3.63, 3.8) is 0 Å². The Morgan fingerprint density at radius 3 is 2.65 bits per heavy atom. The van der Waals surface area contributed by atoms with Gasteiger partial charge in [-0.1, -0.05) is 6.92 Å². The van der Waals surface area contributed by atoms with Crippen LogP contribution in [-0.4, -0.2) is 18.5 Å². The molecule has 0 saturated heterocycles. The molecular weight excluding hydrogens is 316 g/mol. The van der Waals surface area contributed by atoms with Crippen LogP contribution in [0.25, 0.3) is 0 Å². The van der Waals surface area contributed by atoms with Crippen molar-refractivity contribution in [3.8, 4) is 0 Å². The van der Waals surface area contributed by atoms with Gasteiger partial charge >= 0.3 is 0 Å². The maximum atomic E-state index is 12.2. The molecule has 0 saturated carbocycles. The van der Waals surface area contributed by atoms with Gasteiger partial charge < -0.3 is 5.11 Å². The molecule has 5 nitrogen and oxygen atoms in total. The molecule has 0 unspecified atom stereocenters. The van der Waals surface area contributed by atoms with Gasteiger partial charge in [0.1, 0.15) is 5.01 Å². The summed E-state index contributed by atoms with van der Waals surface area (Å²) in [6, 6.07) is 1.52. The van der Waals surface area contributed by atoms with Gasteiger partial charge in [0.05, 0.1) is 18.0 Å². The van der Waals surface area contributed by atoms with Crippen molar-refractivity contribution in [2.24, 2.45) is 0 Å². The molecule has 0 amide bonds. The second kappa shape index (κ2) is 6.31. The van der Waals surface area contributed by atoms with Gasteiger partial charge in [0.2, 0.25) is 10.0 Å². The molecule has 0 aliphatic heterocycles. The molecule has 2 aromatic heterocycles. The number of nitrogens with one attached hydrogen (secondary N) is 1. The lowest BCUT2D eigenvalue weighted by Crippen LogP contribution is -2.23. The molecule has 2 N–H and O–H groups in total.